The number of rotatable bonds is 11. The highest BCUT2D eigenvalue weighted by Gasteiger charge is 2.33. The molecule has 3 aromatic carbocycles. The van der Waals surface area contributed by atoms with Crippen molar-refractivity contribution in [2.45, 2.75) is 44.7 Å². The second kappa shape index (κ2) is 13.1. The number of nitrogens with one attached hydrogen (secondary N) is 1. The Kier molecular flexibility index (Phi) is 10.2. The molecule has 202 valence electrons. The molecule has 7 nitrogen and oxygen atoms in total. The van der Waals surface area contributed by atoms with Gasteiger partial charge in [0.2, 0.25) is 11.8 Å². The molecule has 10 heteroatoms. The van der Waals surface area contributed by atoms with Gasteiger partial charge in [-0.3, -0.25) is 13.9 Å². The first-order valence-electron chi connectivity index (χ1n) is 12.2. The van der Waals surface area contributed by atoms with Crippen LogP contribution in [0.5, 0.6) is 0 Å². The smallest absolute Gasteiger partial charge is 0.264 e. The minimum absolute atomic E-state index is 0.0220. The molecule has 0 unspecified atom stereocenters. The van der Waals surface area contributed by atoms with Gasteiger partial charge in [0.25, 0.3) is 10.0 Å². The van der Waals surface area contributed by atoms with Crippen LogP contribution in [0.2, 0.25) is 10.0 Å². The van der Waals surface area contributed by atoms with E-state index in [4.69, 9.17) is 23.2 Å². The van der Waals surface area contributed by atoms with E-state index in [1.165, 1.54) is 17.0 Å². The van der Waals surface area contributed by atoms with Crippen LogP contribution < -0.4 is 9.62 Å². The molecule has 1 N–H and O–H groups in total. The van der Waals surface area contributed by atoms with Crippen molar-refractivity contribution in [1.29, 1.82) is 0 Å². The van der Waals surface area contributed by atoms with Crippen LogP contribution in [0.4, 0.5) is 5.69 Å². The van der Waals surface area contributed by atoms with Gasteiger partial charge < -0.3 is 10.2 Å². The van der Waals surface area contributed by atoms with E-state index >= 15 is 0 Å². The number of sulfonamides is 1. The molecule has 38 heavy (non-hydrogen) atoms. The summed E-state index contributed by atoms with van der Waals surface area (Å²) in [4.78, 5) is 28.1. The summed E-state index contributed by atoms with van der Waals surface area (Å²) in [6.07, 6.45) is 0.735. The molecule has 0 radical (unpaired) electrons. The first-order valence-corrected chi connectivity index (χ1v) is 14.4. The maximum absolute atomic E-state index is 13.8. The molecule has 3 aromatic rings. The highest BCUT2D eigenvalue weighted by molar-refractivity contribution is 7.92. The average Bonchev–Trinajstić information content (AvgIpc) is 2.90. The van der Waals surface area contributed by atoms with Crippen molar-refractivity contribution in [3.8, 4) is 0 Å². The Morgan fingerprint density at radius 3 is 2.18 bits per heavy atom. The van der Waals surface area contributed by atoms with E-state index in [-0.39, 0.29) is 28.1 Å². The van der Waals surface area contributed by atoms with Gasteiger partial charge in [-0.05, 0) is 62.2 Å². The fourth-order valence-corrected chi connectivity index (χ4v) is 5.62. The van der Waals surface area contributed by atoms with Crippen LogP contribution in [-0.4, -0.2) is 44.3 Å². The summed E-state index contributed by atoms with van der Waals surface area (Å²) in [6.45, 7) is 5.38. The van der Waals surface area contributed by atoms with E-state index in [0.717, 1.165) is 21.9 Å². The Labute approximate surface area is 234 Å². The normalized spacial score (nSPS) is 12.0. The number of para-hydroxylation sites is 1. The maximum atomic E-state index is 13.8. The summed E-state index contributed by atoms with van der Waals surface area (Å²) in [5, 5.41) is 3.52. The zero-order valence-electron chi connectivity index (χ0n) is 21.5. The standard InChI is InChI=1S/C28H31Cl2N3O4S/c1-4-17-31-28(35)21(3)32(18-22-11-13-23(29)14-12-22)27(34)19-33(26-8-6-5-7-25(26)30)38(36,37)24-15-9-20(2)10-16-24/h5-16,21H,4,17-19H2,1-3H3,(H,31,35)/t21-/m1/s1. The van der Waals surface area contributed by atoms with Crippen LogP contribution in [0, 0.1) is 6.92 Å². The molecule has 2 amide bonds. The lowest BCUT2D eigenvalue weighted by Gasteiger charge is -2.32. The van der Waals surface area contributed by atoms with Gasteiger partial charge >= 0.3 is 0 Å². The molecular formula is C28H31Cl2N3O4S. The van der Waals surface area contributed by atoms with Gasteiger partial charge in [-0.2, -0.15) is 0 Å². The molecule has 0 aliphatic heterocycles. The fourth-order valence-electron chi connectivity index (χ4n) is 3.77. The Morgan fingerprint density at radius 2 is 1.58 bits per heavy atom. The molecule has 0 spiro atoms. The lowest BCUT2D eigenvalue weighted by atomic mass is 10.1. The summed E-state index contributed by atoms with van der Waals surface area (Å²) in [5.41, 5.74) is 1.80. The molecular weight excluding hydrogens is 545 g/mol. The Hall–Kier alpha value is -3.07. The number of carbonyl (C=O) groups is 2. The number of carbonyl (C=O) groups excluding carboxylic acids is 2. The zero-order valence-corrected chi connectivity index (χ0v) is 23.9. The summed E-state index contributed by atoms with van der Waals surface area (Å²) >= 11 is 12.4. The van der Waals surface area contributed by atoms with Crippen molar-refractivity contribution in [1.82, 2.24) is 10.2 Å². The highest BCUT2D eigenvalue weighted by Crippen LogP contribution is 2.31. The summed E-state index contributed by atoms with van der Waals surface area (Å²) in [7, 11) is -4.18. The van der Waals surface area contributed by atoms with Gasteiger partial charge in [-0.1, -0.05) is 72.1 Å². The van der Waals surface area contributed by atoms with Crippen molar-refractivity contribution in [2.24, 2.45) is 0 Å². The number of halogens is 2. The number of aryl methyl sites for hydroxylation is 1. The number of amides is 2. The van der Waals surface area contributed by atoms with Gasteiger partial charge in [0.05, 0.1) is 15.6 Å². The molecule has 0 aromatic heterocycles. The van der Waals surface area contributed by atoms with Crippen molar-refractivity contribution < 1.29 is 18.0 Å². The predicted molar refractivity (Wildman–Crippen MR) is 152 cm³/mol. The van der Waals surface area contributed by atoms with Crippen molar-refractivity contribution in [2.75, 3.05) is 17.4 Å². The molecule has 0 saturated heterocycles. The van der Waals surface area contributed by atoms with Crippen LogP contribution in [0.1, 0.15) is 31.4 Å². The average molecular weight is 577 g/mol. The summed E-state index contributed by atoms with van der Waals surface area (Å²) < 4.78 is 28.6. The van der Waals surface area contributed by atoms with Crippen molar-refractivity contribution in [3.05, 3.63) is 94.0 Å². The Morgan fingerprint density at radius 1 is 0.947 bits per heavy atom. The maximum Gasteiger partial charge on any atom is 0.264 e. The lowest BCUT2D eigenvalue weighted by molar-refractivity contribution is -0.139. The van der Waals surface area contributed by atoms with E-state index in [1.54, 1.807) is 67.6 Å². The van der Waals surface area contributed by atoms with Crippen molar-refractivity contribution >= 4 is 50.7 Å². The molecule has 0 bridgehead atoms. The van der Waals surface area contributed by atoms with Crippen LogP contribution in [0.25, 0.3) is 0 Å². The van der Waals surface area contributed by atoms with Crippen LogP contribution in [0.15, 0.2) is 77.7 Å². The third kappa shape index (κ3) is 7.28. The first kappa shape index (κ1) is 29.5. The summed E-state index contributed by atoms with van der Waals surface area (Å²) in [6, 6.07) is 18.8. The molecule has 0 heterocycles. The van der Waals surface area contributed by atoms with E-state index in [1.807, 2.05) is 13.8 Å². The minimum atomic E-state index is -4.18. The fraction of sp³-hybridized carbons (Fsp3) is 0.286. The largest absolute Gasteiger partial charge is 0.354 e. The van der Waals surface area contributed by atoms with Gasteiger partial charge in [0.15, 0.2) is 0 Å². The quantitative estimate of drug-likeness (QED) is 0.330. The number of hydrogen-bond acceptors (Lipinski definition) is 4. The van der Waals surface area contributed by atoms with Gasteiger partial charge in [-0.25, -0.2) is 8.42 Å². The second-order valence-electron chi connectivity index (χ2n) is 8.89. The molecule has 0 saturated carbocycles. The third-order valence-corrected chi connectivity index (χ3v) is 8.34. The molecule has 1 atom stereocenters. The van der Waals surface area contributed by atoms with Gasteiger partial charge in [0, 0.05) is 18.1 Å². The zero-order chi connectivity index (χ0) is 27.9. The monoisotopic (exact) mass is 575 g/mol. The number of nitrogens with zero attached hydrogens (tertiary/aromatic N) is 2. The summed E-state index contributed by atoms with van der Waals surface area (Å²) in [5.74, 6) is -0.894. The van der Waals surface area contributed by atoms with Crippen LogP contribution >= 0.6 is 23.2 Å². The highest BCUT2D eigenvalue weighted by atomic mass is 35.5. The first-order chi connectivity index (χ1) is 18.0. The SMILES string of the molecule is CCCNC(=O)[C@@H](C)N(Cc1ccc(Cl)cc1)C(=O)CN(c1ccccc1Cl)S(=O)(=O)c1ccc(C)cc1. The molecule has 0 aliphatic rings. The minimum Gasteiger partial charge on any atom is -0.354 e. The number of hydrogen-bond donors (Lipinski definition) is 1. The molecule has 3 rings (SSSR count). The Balaban J connectivity index is 2.02. The number of benzene rings is 3. The van der Waals surface area contributed by atoms with E-state index in [0.29, 0.717) is 11.6 Å². The van der Waals surface area contributed by atoms with E-state index in [9.17, 15) is 18.0 Å². The van der Waals surface area contributed by atoms with Crippen LogP contribution in [-0.2, 0) is 26.2 Å². The van der Waals surface area contributed by atoms with Crippen molar-refractivity contribution in [3.63, 3.8) is 0 Å². The Bertz CT molecular complexity index is 1360. The molecule has 0 aliphatic carbocycles. The molecule has 0 fully saturated rings. The lowest BCUT2D eigenvalue weighted by Crippen LogP contribution is -2.51. The van der Waals surface area contributed by atoms with E-state index in [2.05, 4.69) is 5.32 Å². The third-order valence-electron chi connectivity index (χ3n) is 5.99. The second-order valence-corrected chi connectivity index (χ2v) is 11.6. The van der Waals surface area contributed by atoms with Gasteiger partial charge in [-0.15, -0.1) is 0 Å². The van der Waals surface area contributed by atoms with Crippen LogP contribution in [0.3, 0.4) is 0 Å². The number of anilines is 1. The predicted octanol–water partition coefficient (Wildman–Crippen LogP) is 5.44. The topological polar surface area (TPSA) is 86.8 Å². The van der Waals surface area contributed by atoms with E-state index < -0.39 is 28.5 Å². The van der Waals surface area contributed by atoms with Gasteiger partial charge in [0.1, 0.15) is 12.6 Å².